The smallest absolute Gasteiger partial charge is 0.347 e. The topological polar surface area (TPSA) is 83.6 Å². The molecule has 0 saturated carbocycles. The van der Waals surface area contributed by atoms with Gasteiger partial charge in [-0.3, -0.25) is 4.79 Å². The molecule has 0 bridgehead atoms. The normalized spacial score (nSPS) is 12.0. The maximum atomic E-state index is 13.4. The highest BCUT2D eigenvalue weighted by Gasteiger charge is 2.20. The van der Waals surface area contributed by atoms with Crippen molar-refractivity contribution in [3.8, 4) is 22.6 Å². The summed E-state index contributed by atoms with van der Waals surface area (Å²) in [6.45, 7) is 7.20. The van der Waals surface area contributed by atoms with Crippen LogP contribution in [0.4, 0.5) is 0 Å². The minimum Gasteiger partial charge on any atom is -0.479 e. The molecule has 0 radical (unpaired) electrons. The zero-order valence-electron chi connectivity index (χ0n) is 18.4. The summed E-state index contributed by atoms with van der Waals surface area (Å²) >= 11 is 0. The van der Waals surface area contributed by atoms with Crippen molar-refractivity contribution < 1.29 is 18.7 Å². The number of fused-ring (bicyclic) bond motifs is 1. The van der Waals surface area contributed by atoms with Gasteiger partial charge in [-0.25, -0.2) is 9.48 Å². The Morgan fingerprint density at radius 3 is 2.66 bits per heavy atom. The molecule has 7 nitrogen and oxygen atoms in total. The number of nitrogens with zero attached hydrogens (tertiary/aromatic N) is 2. The molecule has 1 atom stereocenters. The maximum absolute atomic E-state index is 13.4. The van der Waals surface area contributed by atoms with Crippen molar-refractivity contribution in [2.24, 2.45) is 0 Å². The average molecular weight is 432 g/mol. The first kappa shape index (κ1) is 21.4. The highest BCUT2D eigenvalue weighted by molar-refractivity contribution is 5.86. The van der Waals surface area contributed by atoms with Gasteiger partial charge in [-0.2, -0.15) is 5.10 Å². The fourth-order valence-electron chi connectivity index (χ4n) is 3.68. The van der Waals surface area contributed by atoms with Crippen LogP contribution in [0.5, 0.6) is 5.75 Å². The number of benzene rings is 2. The molecule has 4 rings (SSSR count). The quantitative estimate of drug-likeness (QED) is 0.414. The summed E-state index contributed by atoms with van der Waals surface area (Å²) in [4.78, 5) is 25.3. The Labute approximate surface area is 185 Å². The minimum atomic E-state index is -0.775. The average Bonchev–Trinajstić information content (AvgIpc) is 3.23. The Hall–Kier alpha value is -3.87. The lowest BCUT2D eigenvalue weighted by Crippen LogP contribution is -2.26. The number of hydrogen-bond donors (Lipinski definition) is 0. The number of aromatic nitrogens is 2. The fraction of sp³-hybridized carbons (Fsp3) is 0.240. The zero-order chi connectivity index (χ0) is 22.8. The van der Waals surface area contributed by atoms with Crippen molar-refractivity contribution in [2.45, 2.75) is 33.8 Å². The molecule has 4 aromatic rings. The Balaban J connectivity index is 1.74. The highest BCUT2D eigenvalue weighted by Crippen LogP contribution is 2.29. The van der Waals surface area contributed by atoms with Gasteiger partial charge in [0, 0.05) is 17.8 Å². The predicted octanol–water partition coefficient (Wildman–Crippen LogP) is 4.59. The fourth-order valence-corrected chi connectivity index (χ4v) is 3.68. The summed E-state index contributed by atoms with van der Waals surface area (Å²) in [5, 5.41) is 4.87. The minimum absolute atomic E-state index is 0.140. The lowest BCUT2D eigenvalue weighted by Gasteiger charge is -2.15. The van der Waals surface area contributed by atoms with Crippen LogP contribution in [-0.4, -0.2) is 28.5 Å². The molecular formula is C25H24N2O5. The Morgan fingerprint density at radius 2 is 1.94 bits per heavy atom. The number of ether oxygens (including phenoxy) is 2. The van der Waals surface area contributed by atoms with Crippen LogP contribution in [-0.2, 0) is 9.53 Å². The summed E-state index contributed by atoms with van der Waals surface area (Å²) in [7, 11) is 0. The van der Waals surface area contributed by atoms with Crippen molar-refractivity contribution in [3.05, 3.63) is 76.4 Å². The van der Waals surface area contributed by atoms with Gasteiger partial charge >= 0.3 is 5.97 Å². The Kier molecular flexibility index (Phi) is 5.81. The Bertz CT molecular complexity index is 1340. The van der Waals surface area contributed by atoms with Gasteiger partial charge in [-0.1, -0.05) is 18.2 Å². The lowest BCUT2D eigenvalue weighted by atomic mass is 10.0. The molecule has 0 aliphatic carbocycles. The van der Waals surface area contributed by atoms with Gasteiger partial charge in [0.25, 0.3) is 0 Å². The van der Waals surface area contributed by atoms with Gasteiger partial charge in [0.1, 0.15) is 17.1 Å². The van der Waals surface area contributed by atoms with Gasteiger partial charge in [0.2, 0.25) is 5.43 Å². The van der Waals surface area contributed by atoms with Crippen molar-refractivity contribution in [2.75, 3.05) is 6.61 Å². The zero-order valence-corrected chi connectivity index (χ0v) is 18.4. The molecule has 164 valence electrons. The van der Waals surface area contributed by atoms with Crippen LogP contribution in [0, 0.1) is 13.8 Å². The van der Waals surface area contributed by atoms with E-state index in [1.807, 2.05) is 43.5 Å². The molecule has 0 spiro atoms. The summed E-state index contributed by atoms with van der Waals surface area (Å²) in [6, 6.07) is 13.0. The van der Waals surface area contributed by atoms with Crippen LogP contribution in [0.25, 0.3) is 27.8 Å². The molecule has 1 unspecified atom stereocenters. The third-order valence-corrected chi connectivity index (χ3v) is 5.17. The molecular weight excluding hydrogens is 408 g/mol. The molecule has 2 aromatic heterocycles. The monoisotopic (exact) mass is 432 g/mol. The van der Waals surface area contributed by atoms with Crippen molar-refractivity contribution >= 4 is 16.9 Å². The van der Waals surface area contributed by atoms with Gasteiger partial charge in [-0.15, -0.1) is 0 Å². The summed E-state index contributed by atoms with van der Waals surface area (Å²) in [6.07, 6.45) is 2.70. The van der Waals surface area contributed by atoms with E-state index in [-0.39, 0.29) is 12.0 Å². The van der Waals surface area contributed by atoms with E-state index in [2.05, 4.69) is 5.10 Å². The molecule has 32 heavy (non-hydrogen) atoms. The van der Waals surface area contributed by atoms with E-state index in [0.717, 1.165) is 5.69 Å². The largest absolute Gasteiger partial charge is 0.479 e. The van der Waals surface area contributed by atoms with E-state index in [4.69, 9.17) is 13.9 Å². The summed E-state index contributed by atoms with van der Waals surface area (Å²) < 4.78 is 18.4. The lowest BCUT2D eigenvalue weighted by molar-refractivity contribution is -0.150. The molecule has 0 saturated heterocycles. The summed E-state index contributed by atoms with van der Waals surface area (Å²) in [5.41, 5.74) is 3.00. The van der Waals surface area contributed by atoms with Gasteiger partial charge in [-0.05, 0) is 51.5 Å². The molecule has 0 aliphatic rings. The number of aryl methyl sites for hydroxylation is 2. The van der Waals surface area contributed by atoms with E-state index in [1.54, 1.807) is 43.8 Å². The molecule has 0 amide bonds. The first-order valence-electron chi connectivity index (χ1n) is 10.4. The van der Waals surface area contributed by atoms with E-state index in [9.17, 15) is 9.59 Å². The number of rotatable bonds is 6. The SMILES string of the molecule is CCOC(=O)C(C)Oc1cc(C)c2c(=O)c(-c3cnn(-c4ccccc4)c3)c(C)oc2c1. The molecule has 7 heteroatoms. The van der Waals surface area contributed by atoms with Crippen LogP contribution in [0.15, 0.2) is 64.1 Å². The molecule has 2 heterocycles. The van der Waals surface area contributed by atoms with E-state index in [0.29, 0.717) is 39.2 Å². The number of hydrogen-bond acceptors (Lipinski definition) is 6. The predicted molar refractivity (Wildman–Crippen MR) is 121 cm³/mol. The number of carbonyl (C=O) groups is 1. The van der Waals surface area contributed by atoms with Crippen LogP contribution < -0.4 is 10.2 Å². The third kappa shape index (κ3) is 4.01. The van der Waals surface area contributed by atoms with Gasteiger partial charge in [0.15, 0.2) is 6.10 Å². The van der Waals surface area contributed by atoms with Gasteiger partial charge < -0.3 is 13.9 Å². The molecule has 0 fully saturated rings. The van der Waals surface area contributed by atoms with Crippen molar-refractivity contribution in [1.29, 1.82) is 0 Å². The van der Waals surface area contributed by atoms with E-state index < -0.39 is 12.1 Å². The molecule has 0 N–H and O–H groups in total. The first-order chi connectivity index (χ1) is 15.4. The van der Waals surface area contributed by atoms with Crippen LogP contribution in [0.2, 0.25) is 0 Å². The van der Waals surface area contributed by atoms with Crippen molar-refractivity contribution in [3.63, 3.8) is 0 Å². The maximum Gasteiger partial charge on any atom is 0.347 e. The van der Waals surface area contributed by atoms with Crippen LogP contribution in [0.1, 0.15) is 25.2 Å². The number of carbonyl (C=O) groups excluding carboxylic acids is 1. The van der Waals surface area contributed by atoms with E-state index >= 15 is 0 Å². The molecule has 0 aliphatic heterocycles. The second-order valence-electron chi connectivity index (χ2n) is 7.50. The Morgan fingerprint density at radius 1 is 1.19 bits per heavy atom. The van der Waals surface area contributed by atoms with Crippen LogP contribution in [0.3, 0.4) is 0 Å². The highest BCUT2D eigenvalue weighted by atomic mass is 16.6. The summed E-state index contributed by atoms with van der Waals surface area (Å²) in [5.74, 6) is 0.460. The van der Waals surface area contributed by atoms with Crippen molar-refractivity contribution in [1.82, 2.24) is 9.78 Å². The molecule has 2 aromatic carbocycles. The number of para-hydroxylation sites is 1. The number of esters is 1. The first-order valence-corrected chi connectivity index (χ1v) is 10.4. The third-order valence-electron chi connectivity index (χ3n) is 5.17. The second kappa shape index (κ2) is 8.70. The van der Waals surface area contributed by atoms with Crippen LogP contribution >= 0.6 is 0 Å². The van der Waals surface area contributed by atoms with Gasteiger partial charge in [0.05, 0.1) is 29.4 Å². The van der Waals surface area contributed by atoms with E-state index in [1.165, 1.54) is 0 Å². The second-order valence-corrected chi connectivity index (χ2v) is 7.50. The standard InChI is InChI=1S/C25H24N2O5/c1-5-30-25(29)17(4)31-20-11-15(2)22-21(12-20)32-16(3)23(24(22)28)18-13-26-27(14-18)19-9-7-6-8-10-19/h6-14,17H,5H2,1-4H3.